The van der Waals surface area contributed by atoms with Crippen molar-refractivity contribution in [2.45, 2.75) is 32.0 Å². The van der Waals surface area contributed by atoms with E-state index in [9.17, 15) is 18.3 Å². The van der Waals surface area contributed by atoms with E-state index >= 15 is 0 Å². The molecule has 0 aliphatic heterocycles. The second kappa shape index (κ2) is 6.49. The maximum absolute atomic E-state index is 11.8. The summed E-state index contributed by atoms with van der Waals surface area (Å²) in [5.74, 6) is -0.0563. The highest BCUT2D eigenvalue weighted by atomic mass is 19.4. The van der Waals surface area contributed by atoms with Crippen molar-refractivity contribution in [3.05, 3.63) is 23.8 Å². The molecule has 1 rings (SSSR count). The van der Waals surface area contributed by atoms with E-state index in [0.717, 1.165) is 0 Å². The van der Waals surface area contributed by atoms with Gasteiger partial charge in [-0.2, -0.15) is 13.2 Å². The smallest absolute Gasteiger partial charge is 0.389 e. The fourth-order valence-corrected chi connectivity index (χ4v) is 1.50. The number of hydrogen-bond donors (Lipinski definition) is 3. The Balaban J connectivity index is 2.18. The van der Waals surface area contributed by atoms with Gasteiger partial charge in [-0.15, -0.1) is 0 Å². The van der Waals surface area contributed by atoms with Gasteiger partial charge in [0.15, 0.2) is 0 Å². The number of nitrogens with one attached hydrogen (secondary N) is 1. The zero-order valence-electron chi connectivity index (χ0n) is 9.80. The van der Waals surface area contributed by atoms with Gasteiger partial charge in [0.05, 0.1) is 0 Å². The Bertz CT molecular complexity index is 380. The van der Waals surface area contributed by atoms with Gasteiger partial charge >= 0.3 is 6.18 Å². The van der Waals surface area contributed by atoms with Gasteiger partial charge in [0.2, 0.25) is 0 Å². The van der Waals surface area contributed by atoms with Crippen molar-refractivity contribution in [3.8, 4) is 11.5 Å². The first kappa shape index (κ1) is 14.6. The molecule has 0 saturated carbocycles. The molecule has 0 heterocycles. The fraction of sp³-hybridized carbons (Fsp3) is 0.500. The molecule has 0 spiro atoms. The molecule has 18 heavy (non-hydrogen) atoms. The maximum atomic E-state index is 11.8. The zero-order valence-corrected chi connectivity index (χ0v) is 9.80. The molecule has 0 radical (unpaired) electrons. The highest BCUT2D eigenvalue weighted by Gasteiger charge is 2.25. The second-order valence-corrected chi connectivity index (χ2v) is 4.06. The second-order valence-electron chi connectivity index (χ2n) is 4.06. The Morgan fingerprint density at radius 3 is 2.44 bits per heavy atom. The van der Waals surface area contributed by atoms with Gasteiger partial charge in [0.1, 0.15) is 11.5 Å². The van der Waals surface area contributed by atoms with Crippen molar-refractivity contribution in [3.63, 3.8) is 0 Å². The van der Waals surface area contributed by atoms with Crippen LogP contribution in [0.1, 0.15) is 24.8 Å². The van der Waals surface area contributed by atoms with Crippen LogP contribution in [0.5, 0.6) is 11.5 Å². The Hall–Kier alpha value is -1.43. The lowest BCUT2D eigenvalue weighted by Gasteiger charge is -2.08. The predicted molar refractivity (Wildman–Crippen MR) is 61.4 cm³/mol. The molecular weight excluding hydrogens is 247 g/mol. The van der Waals surface area contributed by atoms with Crippen LogP contribution in [-0.2, 0) is 6.54 Å². The molecule has 0 aliphatic rings. The van der Waals surface area contributed by atoms with Crippen molar-refractivity contribution in [1.29, 1.82) is 0 Å². The topological polar surface area (TPSA) is 52.5 Å². The third-order valence-corrected chi connectivity index (χ3v) is 2.45. The summed E-state index contributed by atoms with van der Waals surface area (Å²) in [5, 5.41) is 21.5. The Morgan fingerprint density at radius 1 is 1.11 bits per heavy atom. The van der Waals surface area contributed by atoms with E-state index in [0.29, 0.717) is 25.1 Å². The average Bonchev–Trinajstić information content (AvgIpc) is 2.24. The van der Waals surface area contributed by atoms with Gasteiger partial charge in [-0.25, -0.2) is 0 Å². The van der Waals surface area contributed by atoms with Gasteiger partial charge in [0, 0.05) is 24.6 Å². The first-order valence-corrected chi connectivity index (χ1v) is 5.67. The molecular formula is C12H16F3NO2. The quantitative estimate of drug-likeness (QED) is 0.692. The molecule has 0 bridgehead atoms. The number of benzene rings is 1. The summed E-state index contributed by atoms with van der Waals surface area (Å²) < 4.78 is 35.5. The third kappa shape index (κ3) is 5.77. The van der Waals surface area contributed by atoms with Crippen LogP contribution < -0.4 is 5.32 Å². The molecule has 1 aromatic rings. The number of rotatable bonds is 6. The number of halogens is 3. The average molecular weight is 263 g/mol. The van der Waals surface area contributed by atoms with Gasteiger partial charge in [-0.3, -0.25) is 0 Å². The van der Waals surface area contributed by atoms with Crippen LogP contribution in [0.15, 0.2) is 18.2 Å². The van der Waals surface area contributed by atoms with E-state index < -0.39 is 12.6 Å². The zero-order chi connectivity index (χ0) is 13.6. The normalized spacial score (nSPS) is 11.7. The van der Waals surface area contributed by atoms with Crippen LogP contribution in [0.25, 0.3) is 0 Å². The number of aromatic hydroxyl groups is 2. The number of phenolic OH excluding ortho intramolecular Hbond substituents is 2. The summed E-state index contributed by atoms with van der Waals surface area (Å²) in [7, 11) is 0. The van der Waals surface area contributed by atoms with Crippen LogP contribution in [0, 0.1) is 0 Å². The van der Waals surface area contributed by atoms with Crippen molar-refractivity contribution in [1.82, 2.24) is 5.32 Å². The molecule has 6 heteroatoms. The van der Waals surface area contributed by atoms with Crippen molar-refractivity contribution in [2.24, 2.45) is 0 Å². The molecule has 0 atom stereocenters. The Labute approximate surface area is 103 Å². The first-order valence-electron chi connectivity index (χ1n) is 5.67. The highest BCUT2D eigenvalue weighted by molar-refractivity contribution is 5.38. The molecule has 0 saturated heterocycles. The molecule has 0 fully saturated rings. The Kier molecular flexibility index (Phi) is 5.27. The first-order chi connectivity index (χ1) is 8.38. The van der Waals surface area contributed by atoms with Gasteiger partial charge in [0.25, 0.3) is 0 Å². The standard InChI is InChI=1S/C12H16F3NO2/c13-12(14,15)5-1-2-6-16-8-9-3-4-10(17)7-11(9)18/h3-4,7,16-18H,1-2,5-6,8H2. The minimum atomic E-state index is -4.09. The van der Waals surface area contributed by atoms with E-state index in [1.54, 1.807) is 6.07 Å². The largest absolute Gasteiger partial charge is 0.508 e. The number of hydrogen-bond acceptors (Lipinski definition) is 3. The monoisotopic (exact) mass is 263 g/mol. The van der Waals surface area contributed by atoms with E-state index in [2.05, 4.69) is 5.32 Å². The van der Waals surface area contributed by atoms with Crippen molar-refractivity contribution in [2.75, 3.05) is 6.54 Å². The van der Waals surface area contributed by atoms with Crippen molar-refractivity contribution < 1.29 is 23.4 Å². The van der Waals surface area contributed by atoms with Crippen LogP contribution in [-0.4, -0.2) is 22.9 Å². The number of alkyl halides is 3. The summed E-state index contributed by atoms with van der Waals surface area (Å²) in [6.07, 6.45) is -4.33. The molecule has 102 valence electrons. The number of phenols is 2. The van der Waals surface area contributed by atoms with Gasteiger partial charge in [-0.05, 0) is 25.5 Å². The molecule has 0 aliphatic carbocycles. The minimum Gasteiger partial charge on any atom is -0.508 e. The summed E-state index contributed by atoms with van der Waals surface area (Å²) in [5.41, 5.74) is 0.601. The van der Waals surface area contributed by atoms with E-state index in [4.69, 9.17) is 5.11 Å². The van der Waals surface area contributed by atoms with Gasteiger partial charge in [-0.1, -0.05) is 6.07 Å². The van der Waals surface area contributed by atoms with Crippen LogP contribution in [0.3, 0.4) is 0 Å². The minimum absolute atomic E-state index is 0.0265. The Morgan fingerprint density at radius 2 is 1.83 bits per heavy atom. The lowest BCUT2D eigenvalue weighted by Crippen LogP contribution is -2.16. The molecule has 0 amide bonds. The lowest BCUT2D eigenvalue weighted by molar-refractivity contribution is -0.135. The fourth-order valence-electron chi connectivity index (χ4n) is 1.50. The summed E-state index contributed by atoms with van der Waals surface area (Å²) in [6, 6.07) is 4.23. The van der Waals surface area contributed by atoms with Crippen LogP contribution >= 0.6 is 0 Å². The molecule has 3 nitrogen and oxygen atoms in total. The summed E-state index contributed by atoms with van der Waals surface area (Å²) in [6.45, 7) is 0.814. The lowest BCUT2D eigenvalue weighted by atomic mass is 10.2. The van der Waals surface area contributed by atoms with Crippen LogP contribution in [0.2, 0.25) is 0 Å². The van der Waals surface area contributed by atoms with Crippen molar-refractivity contribution >= 4 is 0 Å². The third-order valence-electron chi connectivity index (χ3n) is 2.45. The molecule has 0 unspecified atom stereocenters. The highest BCUT2D eigenvalue weighted by Crippen LogP contribution is 2.23. The maximum Gasteiger partial charge on any atom is 0.389 e. The summed E-state index contributed by atoms with van der Waals surface area (Å²) >= 11 is 0. The van der Waals surface area contributed by atoms with E-state index in [-0.39, 0.29) is 17.9 Å². The summed E-state index contributed by atoms with van der Waals surface area (Å²) in [4.78, 5) is 0. The van der Waals surface area contributed by atoms with E-state index in [1.807, 2.05) is 0 Å². The molecule has 0 aromatic heterocycles. The molecule has 1 aromatic carbocycles. The van der Waals surface area contributed by atoms with Gasteiger partial charge < -0.3 is 15.5 Å². The SMILES string of the molecule is Oc1ccc(CNCCCCC(F)(F)F)c(O)c1. The van der Waals surface area contributed by atoms with Crippen LogP contribution in [0.4, 0.5) is 13.2 Å². The molecule has 3 N–H and O–H groups in total. The van der Waals surface area contributed by atoms with E-state index in [1.165, 1.54) is 12.1 Å². The number of unbranched alkanes of at least 4 members (excludes halogenated alkanes) is 1. The predicted octanol–water partition coefficient (Wildman–Crippen LogP) is 2.92.